The lowest BCUT2D eigenvalue weighted by molar-refractivity contribution is -0.144. The third kappa shape index (κ3) is 5.81. The maximum atomic E-state index is 12.7. The van der Waals surface area contributed by atoms with Crippen molar-refractivity contribution in [2.75, 3.05) is 13.2 Å². The molecule has 1 heterocycles. The van der Waals surface area contributed by atoms with Crippen LogP contribution in [0.1, 0.15) is 27.3 Å². The number of carbonyl (C=O) groups is 2. The molecule has 0 saturated heterocycles. The van der Waals surface area contributed by atoms with E-state index in [9.17, 15) is 18.0 Å². The first-order valence-electron chi connectivity index (χ1n) is 9.87. The van der Waals surface area contributed by atoms with Gasteiger partial charge in [0.15, 0.2) is 13.2 Å². The van der Waals surface area contributed by atoms with E-state index in [0.29, 0.717) is 27.7 Å². The number of aromatic nitrogens is 1. The molecule has 0 aliphatic carbocycles. The van der Waals surface area contributed by atoms with Crippen molar-refractivity contribution in [3.05, 3.63) is 76.1 Å². The number of hydrogen-bond donors (Lipinski definition) is 1. The molecule has 0 atom stereocenters. The van der Waals surface area contributed by atoms with Gasteiger partial charge in [-0.3, -0.25) is 4.79 Å². The van der Waals surface area contributed by atoms with Gasteiger partial charge in [-0.2, -0.15) is 0 Å². The fraction of sp³-hybridized carbons (Fsp3) is 0.217. The summed E-state index contributed by atoms with van der Waals surface area (Å²) in [4.78, 5) is 24.7. The van der Waals surface area contributed by atoms with Gasteiger partial charge >= 0.3 is 5.97 Å². The van der Waals surface area contributed by atoms with Crippen LogP contribution in [0.4, 0.5) is 0 Å². The first kappa shape index (κ1) is 24.5. The Balaban J connectivity index is 1.64. The number of sulfonamides is 1. The second kappa shape index (κ2) is 9.78. The van der Waals surface area contributed by atoms with Crippen molar-refractivity contribution in [3.63, 3.8) is 0 Å². The van der Waals surface area contributed by atoms with Crippen LogP contribution in [0.25, 0.3) is 5.69 Å². The largest absolute Gasteiger partial charge is 0.482 e. The number of halogens is 1. The highest BCUT2D eigenvalue weighted by Crippen LogP contribution is 2.23. The van der Waals surface area contributed by atoms with Crippen molar-refractivity contribution < 1.29 is 27.5 Å². The highest BCUT2D eigenvalue weighted by molar-refractivity contribution is 7.89. The highest BCUT2D eigenvalue weighted by Gasteiger charge is 2.19. The van der Waals surface area contributed by atoms with Crippen LogP contribution in [0.15, 0.2) is 53.4 Å². The maximum Gasteiger partial charge on any atom is 0.344 e. The molecule has 0 radical (unpaired) electrons. The van der Waals surface area contributed by atoms with E-state index in [0.717, 1.165) is 11.3 Å². The first-order valence-corrected chi connectivity index (χ1v) is 11.8. The third-order valence-electron chi connectivity index (χ3n) is 5.01. The van der Waals surface area contributed by atoms with E-state index in [1.807, 2.05) is 13.8 Å². The summed E-state index contributed by atoms with van der Waals surface area (Å²) in [5.41, 5.74) is 3.26. The zero-order valence-electron chi connectivity index (χ0n) is 18.3. The molecule has 2 N–H and O–H groups in total. The lowest BCUT2D eigenvalue weighted by Crippen LogP contribution is -2.20. The Hall–Kier alpha value is -3.14. The van der Waals surface area contributed by atoms with Crippen molar-refractivity contribution in [3.8, 4) is 11.4 Å². The van der Waals surface area contributed by atoms with Gasteiger partial charge in [-0.1, -0.05) is 11.6 Å². The summed E-state index contributed by atoms with van der Waals surface area (Å²) in [6.45, 7) is 4.60. The number of nitrogens with two attached hydrogens (primary N) is 1. The van der Waals surface area contributed by atoms with Gasteiger partial charge in [0.05, 0.1) is 4.90 Å². The number of benzene rings is 2. The standard InChI is InChI=1S/C23H23ClN2O6S/c1-14-10-18(6-9-21(14)24)31-13-23(28)32-12-22(27)20-11-15(2)26(16(20)3)17-4-7-19(8-5-17)33(25,29)30/h4-11H,12-13H2,1-3H3,(H2,25,29,30). The predicted molar refractivity (Wildman–Crippen MR) is 124 cm³/mol. The molecule has 174 valence electrons. The summed E-state index contributed by atoms with van der Waals surface area (Å²) in [6.07, 6.45) is 0. The fourth-order valence-electron chi connectivity index (χ4n) is 3.34. The number of aryl methyl sites for hydroxylation is 2. The van der Waals surface area contributed by atoms with Crippen molar-refractivity contribution in [1.82, 2.24) is 4.57 Å². The normalized spacial score (nSPS) is 11.3. The van der Waals surface area contributed by atoms with Gasteiger partial charge < -0.3 is 14.0 Å². The van der Waals surface area contributed by atoms with Crippen LogP contribution in [-0.2, 0) is 19.6 Å². The molecule has 8 nitrogen and oxygen atoms in total. The molecule has 0 aliphatic rings. The SMILES string of the molecule is Cc1cc(OCC(=O)OCC(=O)c2cc(C)n(-c3ccc(S(N)(=O)=O)cc3)c2C)ccc1Cl. The molecule has 0 fully saturated rings. The molecule has 0 unspecified atom stereocenters. The zero-order valence-corrected chi connectivity index (χ0v) is 19.9. The van der Waals surface area contributed by atoms with Crippen molar-refractivity contribution in [1.29, 1.82) is 0 Å². The van der Waals surface area contributed by atoms with E-state index < -0.39 is 22.6 Å². The number of ketones is 1. The van der Waals surface area contributed by atoms with Gasteiger partial charge in [0.25, 0.3) is 0 Å². The van der Waals surface area contributed by atoms with Crippen LogP contribution in [0.3, 0.4) is 0 Å². The molecule has 0 saturated carbocycles. The van der Waals surface area contributed by atoms with Gasteiger partial charge in [-0.05, 0) is 74.9 Å². The number of carbonyl (C=O) groups excluding carboxylic acids is 2. The lowest BCUT2D eigenvalue weighted by Gasteiger charge is -2.11. The molecule has 3 aromatic rings. The average Bonchev–Trinajstić information content (AvgIpc) is 3.06. The Morgan fingerprint density at radius 2 is 1.67 bits per heavy atom. The predicted octanol–water partition coefficient (Wildman–Crippen LogP) is 3.51. The Morgan fingerprint density at radius 3 is 2.27 bits per heavy atom. The third-order valence-corrected chi connectivity index (χ3v) is 6.36. The Kier molecular flexibility index (Phi) is 7.26. The van der Waals surface area contributed by atoms with Crippen molar-refractivity contribution >= 4 is 33.4 Å². The topological polar surface area (TPSA) is 118 Å². The molecule has 2 aromatic carbocycles. The van der Waals surface area contributed by atoms with Gasteiger partial charge in [0, 0.05) is 27.7 Å². The van der Waals surface area contributed by atoms with Crippen LogP contribution >= 0.6 is 11.6 Å². The Bertz CT molecular complexity index is 1310. The number of ether oxygens (including phenoxy) is 2. The summed E-state index contributed by atoms with van der Waals surface area (Å²) < 4.78 is 35.2. The molecule has 0 aliphatic heterocycles. The highest BCUT2D eigenvalue weighted by atomic mass is 35.5. The molecule has 0 bridgehead atoms. The van der Waals surface area contributed by atoms with Crippen molar-refractivity contribution in [2.45, 2.75) is 25.7 Å². The second-order valence-corrected chi connectivity index (χ2v) is 9.41. The van der Waals surface area contributed by atoms with E-state index in [-0.39, 0.29) is 17.3 Å². The van der Waals surface area contributed by atoms with Crippen LogP contribution < -0.4 is 9.88 Å². The van der Waals surface area contributed by atoms with E-state index in [1.54, 1.807) is 47.9 Å². The molecule has 0 spiro atoms. The molecule has 3 rings (SSSR count). The van der Waals surface area contributed by atoms with Crippen LogP contribution in [-0.4, -0.2) is 38.0 Å². The minimum absolute atomic E-state index is 0.00657. The molecular formula is C23H23ClN2O6S. The van der Waals surface area contributed by atoms with E-state index in [1.165, 1.54) is 12.1 Å². The van der Waals surface area contributed by atoms with Crippen LogP contribution in [0, 0.1) is 20.8 Å². The van der Waals surface area contributed by atoms with Gasteiger partial charge in [0.2, 0.25) is 15.8 Å². The monoisotopic (exact) mass is 490 g/mol. The van der Waals surface area contributed by atoms with E-state index in [4.69, 9.17) is 26.2 Å². The Morgan fingerprint density at radius 1 is 1.00 bits per heavy atom. The number of nitrogens with zero attached hydrogens (tertiary/aromatic N) is 1. The average molecular weight is 491 g/mol. The molecule has 10 heteroatoms. The van der Waals surface area contributed by atoms with Gasteiger partial charge in [-0.25, -0.2) is 18.4 Å². The van der Waals surface area contributed by atoms with Crippen LogP contribution in [0.5, 0.6) is 5.75 Å². The minimum Gasteiger partial charge on any atom is -0.482 e. The lowest BCUT2D eigenvalue weighted by atomic mass is 10.1. The zero-order chi connectivity index (χ0) is 24.3. The van der Waals surface area contributed by atoms with Crippen LogP contribution in [0.2, 0.25) is 5.02 Å². The number of esters is 1. The number of rotatable bonds is 8. The summed E-state index contributed by atoms with van der Waals surface area (Å²) >= 11 is 5.96. The number of Topliss-reactive ketones (excluding diaryl/α,β-unsaturated/α-hetero) is 1. The van der Waals surface area contributed by atoms with Gasteiger partial charge in [-0.15, -0.1) is 0 Å². The summed E-state index contributed by atoms with van der Waals surface area (Å²) in [5.74, 6) is -0.577. The molecular weight excluding hydrogens is 468 g/mol. The maximum absolute atomic E-state index is 12.7. The smallest absolute Gasteiger partial charge is 0.344 e. The molecule has 1 aromatic heterocycles. The molecule has 0 amide bonds. The first-order chi connectivity index (χ1) is 15.5. The summed E-state index contributed by atoms with van der Waals surface area (Å²) in [5, 5.41) is 5.73. The fourth-order valence-corrected chi connectivity index (χ4v) is 3.97. The number of hydrogen-bond acceptors (Lipinski definition) is 6. The quantitative estimate of drug-likeness (QED) is 0.381. The van der Waals surface area contributed by atoms with E-state index >= 15 is 0 Å². The molecule has 33 heavy (non-hydrogen) atoms. The summed E-state index contributed by atoms with van der Waals surface area (Å²) in [6, 6.07) is 12.7. The Labute approximate surface area is 196 Å². The second-order valence-electron chi connectivity index (χ2n) is 7.44. The summed E-state index contributed by atoms with van der Waals surface area (Å²) in [7, 11) is -3.80. The minimum atomic E-state index is -3.80. The van der Waals surface area contributed by atoms with Gasteiger partial charge in [0.1, 0.15) is 5.75 Å². The number of primary sulfonamides is 1. The van der Waals surface area contributed by atoms with E-state index in [2.05, 4.69) is 0 Å². The van der Waals surface area contributed by atoms with Crippen molar-refractivity contribution in [2.24, 2.45) is 5.14 Å².